The zero-order valence-electron chi connectivity index (χ0n) is 9.68. The number of carboxylic acid groups (broad SMARTS) is 1. The Hall–Kier alpha value is -1.37. The van der Waals surface area contributed by atoms with Crippen molar-refractivity contribution in [1.29, 1.82) is 0 Å². The van der Waals surface area contributed by atoms with Crippen LogP contribution in [0.4, 0.5) is 13.2 Å². The van der Waals surface area contributed by atoms with E-state index in [4.69, 9.17) is 5.11 Å². The van der Waals surface area contributed by atoms with Crippen LogP contribution in [0.15, 0.2) is 29.2 Å². The SMILES string of the molecule is O=C(O)C(C1CC1)S(=O)c1cccc(C(F)(F)F)c1. The first-order chi connectivity index (χ1) is 8.80. The number of alkyl halides is 3. The number of halogens is 3. The van der Waals surface area contributed by atoms with Gasteiger partial charge in [-0.1, -0.05) is 6.07 Å². The molecule has 19 heavy (non-hydrogen) atoms. The molecule has 0 aromatic heterocycles. The van der Waals surface area contributed by atoms with Crippen molar-refractivity contribution >= 4 is 16.8 Å². The van der Waals surface area contributed by atoms with Crippen molar-refractivity contribution in [3.05, 3.63) is 29.8 Å². The van der Waals surface area contributed by atoms with Gasteiger partial charge in [-0.05, 0) is 37.0 Å². The molecule has 0 heterocycles. The Morgan fingerprint density at radius 1 is 1.37 bits per heavy atom. The summed E-state index contributed by atoms with van der Waals surface area (Å²) in [6, 6.07) is 4.04. The summed E-state index contributed by atoms with van der Waals surface area (Å²) in [6.07, 6.45) is -3.22. The number of carboxylic acids is 1. The third-order valence-corrected chi connectivity index (χ3v) is 4.68. The first-order valence-corrected chi connectivity index (χ1v) is 6.82. The normalized spacial score (nSPS) is 18.9. The van der Waals surface area contributed by atoms with Crippen LogP contribution in [0, 0.1) is 5.92 Å². The number of benzene rings is 1. The average molecular weight is 292 g/mol. The molecule has 104 valence electrons. The van der Waals surface area contributed by atoms with Crippen molar-refractivity contribution in [3.63, 3.8) is 0 Å². The summed E-state index contributed by atoms with van der Waals surface area (Å²) in [5.41, 5.74) is -0.918. The van der Waals surface area contributed by atoms with Gasteiger partial charge in [0.15, 0.2) is 0 Å². The molecule has 0 saturated heterocycles. The molecule has 1 fully saturated rings. The fraction of sp³-hybridized carbons (Fsp3) is 0.417. The van der Waals surface area contributed by atoms with E-state index in [-0.39, 0.29) is 10.8 Å². The van der Waals surface area contributed by atoms with Crippen LogP contribution in [0.1, 0.15) is 18.4 Å². The van der Waals surface area contributed by atoms with E-state index in [9.17, 15) is 22.2 Å². The van der Waals surface area contributed by atoms with Gasteiger partial charge >= 0.3 is 12.1 Å². The smallest absolute Gasteiger partial charge is 0.416 e. The van der Waals surface area contributed by atoms with Crippen LogP contribution in [-0.4, -0.2) is 20.5 Å². The molecule has 0 bridgehead atoms. The van der Waals surface area contributed by atoms with Gasteiger partial charge < -0.3 is 5.11 Å². The second-order valence-electron chi connectivity index (χ2n) is 4.42. The molecule has 0 aliphatic heterocycles. The predicted molar refractivity (Wildman–Crippen MR) is 62.0 cm³/mol. The molecule has 7 heteroatoms. The fourth-order valence-electron chi connectivity index (χ4n) is 1.81. The van der Waals surface area contributed by atoms with Crippen molar-refractivity contribution in [2.75, 3.05) is 0 Å². The minimum absolute atomic E-state index is 0.0888. The van der Waals surface area contributed by atoms with Gasteiger partial charge in [-0.3, -0.25) is 9.00 Å². The van der Waals surface area contributed by atoms with E-state index < -0.39 is 33.8 Å². The highest BCUT2D eigenvalue weighted by molar-refractivity contribution is 7.86. The molecule has 1 aromatic rings. The second kappa shape index (κ2) is 4.96. The Morgan fingerprint density at radius 2 is 2.00 bits per heavy atom. The number of carbonyl (C=O) groups is 1. The Labute approximate surface area is 109 Å². The molecular formula is C12H11F3O3S. The summed E-state index contributed by atoms with van der Waals surface area (Å²) in [4.78, 5) is 11.0. The van der Waals surface area contributed by atoms with Crippen LogP contribution in [0.2, 0.25) is 0 Å². The largest absolute Gasteiger partial charge is 0.480 e. The van der Waals surface area contributed by atoms with Crippen LogP contribution >= 0.6 is 0 Å². The lowest BCUT2D eigenvalue weighted by molar-refractivity contribution is -0.138. The maximum atomic E-state index is 12.5. The first kappa shape index (κ1) is 14.0. The van der Waals surface area contributed by atoms with E-state index in [1.165, 1.54) is 6.07 Å². The molecule has 1 aliphatic carbocycles. The molecule has 1 aliphatic rings. The Bertz CT molecular complexity index is 523. The van der Waals surface area contributed by atoms with Gasteiger partial charge in [0.05, 0.1) is 16.4 Å². The number of aliphatic carboxylic acids is 1. The highest BCUT2D eigenvalue weighted by Crippen LogP contribution is 2.38. The van der Waals surface area contributed by atoms with E-state index in [0.717, 1.165) is 18.2 Å². The van der Waals surface area contributed by atoms with E-state index in [1.54, 1.807) is 0 Å². The van der Waals surface area contributed by atoms with Gasteiger partial charge in [0, 0.05) is 4.90 Å². The summed E-state index contributed by atoms with van der Waals surface area (Å²) in [5, 5.41) is 7.91. The molecule has 1 aromatic carbocycles. The molecule has 2 unspecified atom stereocenters. The van der Waals surface area contributed by atoms with E-state index >= 15 is 0 Å². The molecule has 2 rings (SSSR count). The molecule has 0 amide bonds. The lowest BCUT2D eigenvalue weighted by atomic mass is 10.2. The van der Waals surface area contributed by atoms with E-state index in [1.807, 2.05) is 0 Å². The molecule has 2 atom stereocenters. The molecule has 0 spiro atoms. The molecule has 0 radical (unpaired) electrons. The lowest BCUT2D eigenvalue weighted by Crippen LogP contribution is -2.28. The molecule has 3 nitrogen and oxygen atoms in total. The number of hydrogen-bond donors (Lipinski definition) is 1. The van der Waals surface area contributed by atoms with Crippen molar-refractivity contribution in [2.45, 2.75) is 29.2 Å². The summed E-state index contributed by atoms with van der Waals surface area (Å²) < 4.78 is 49.7. The molecular weight excluding hydrogens is 281 g/mol. The van der Waals surface area contributed by atoms with Crippen LogP contribution in [0.25, 0.3) is 0 Å². The van der Waals surface area contributed by atoms with Gasteiger partial charge in [-0.25, -0.2) is 0 Å². The topological polar surface area (TPSA) is 54.4 Å². The van der Waals surface area contributed by atoms with E-state index in [0.29, 0.717) is 12.8 Å². The van der Waals surface area contributed by atoms with E-state index in [2.05, 4.69) is 0 Å². The average Bonchev–Trinajstić information content (AvgIpc) is 3.12. The maximum Gasteiger partial charge on any atom is 0.416 e. The summed E-state index contributed by atoms with van der Waals surface area (Å²) in [7, 11) is -1.96. The van der Waals surface area contributed by atoms with Crippen LogP contribution in [0.3, 0.4) is 0 Å². The highest BCUT2D eigenvalue weighted by Gasteiger charge is 2.41. The maximum absolute atomic E-state index is 12.5. The second-order valence-corrected chi connectivity index (χ2v) is 5.99. The number of rotatable bonds is 4. The standard InChI is InChI=1S/C12H11F3O3S/c13-12(14,15)8-2-1-3-9(6-8)19(18)10(11(16)17)7-4-5-7/h1-3,6-7,10H,4-5H2,(H,16,17). The van der Waals surface area contributed by atoms with Crippen molar-refractivity contribution in [3.8, 4) is 0 Å². The minimum atomic E-state index is -4.53. The Morgan fingerprint density at radius 3 is 2.47 bits per heavy atom. The monoisotopic (exact) mass is 292 g/mol. The van der Waals surface area contributed by atoms with Crippen LogP contribution in [-0.2, 0) is 21.8 Å². The van der Waals surface area contributed by atoms with Crippen molar-refractivity contribution < 1.29 is 27.3 Å². The van der Waals surface area contributed by atoms with Gasteiger partial charge in [-0.2, -0.15) is 13.2 Å². The molecule has 1 N–H and O–H groups in total. The summed E-state index contributed by atoms with van der Waals surface area (Å²) in [6.45, 7) is 0. The van der Waals surface area contributed by atoms with Gasteiger partial charge in [0.1, 0.15) is 5.25 Å². The zero-order valence-corrected chi connectivity index (χ0v) is 10.5. The number of hydrogen-bond acceptors (Lipinski definition) is 2. The van der Waals surface area contributed by atoms with Gasteiger partial charge in [0.25, 0.3) is 0 Å². The fourth-order valence-corrected chi connectivity index (χ4v) is 3.37. The van der Waals surface area contributed by atoms with Gasteiger partial charge in [-0.15, -0.1) is 0 Å². The predicted octanol–water partition coefficient (Wildman–Crippen LogP) is 2.68. The summed E-state index contributed by atoms with van der Waals surface area (Å²) in [5.74, 6) is -1.42. The van der Waals surface area contributed by atoms with Crippen molar-refractivity contribution in [2.24, 2.45) is 5.92 Å². The lowest BCUT2D eigenvalue weighted by Gasteiger charge is -2.13. The van der Waals surface area contributed by atoms with Crippen LogP contribution in [0.5, 0.6) is 0 Å². The van der Waals surface area contributed by atoms with Crippen molar-refractivity contribution in [1.82, 2.24) is 0 Å². The highest BCUT2D eigenvalue weighted by atomic mass is 32.2. The quantitative estimate of drug-likeness (QED) is 0.928. The first-order valence-electron chi connectivity index (χ1n) is 5.61. The Balaban J connectivity index is 2.30. The van der Waals surface area contributed by atoms with Crippen LogP contribution < -0.4 is 0 Å². The third kappa shape index (κ3) is 3.15. The minimum Gasteiger partial charge on any atom is -0.480 e. The summed E-state index contributed by atoms with van der Waals surface area (Å²) >= 11 is 0. The molecule has 1 saturated carbocycles. The van der Waals surface area contributed by atoms with Gasteiger partial charge in [0.2, 0.25) is 0 Å². The zero-order chi connectivity index (χ0) is 14.2. The third-order valence-electron chi connectivity index (χ3n) is 2.92. The Kier molecular flexibility index (Phi) is 3.66.